The minimum Gasteiger partial charge on any atom is -0.491 e. The third-order valence-electron chi connectivity index (χ3n) is 4.91. The van der Waals surface area contributed by atoms with Crippen molar-refractivity contribution in [3.8, 4) is 11.3 Å². The van der Waals surface area contributed by atoms with E-state index in [0.29, 0.717) is 18.7 Å². The van der Waals surface area contributed by atoms with Gasteiger partial charge in [0.25, 0.3) is 0 Å². The highest BCUT2D eigenvalue weighted by Crippen LogP contribution is 2.32. The van der Waals surface area contributed by atoms with Gasteiger partial charge in [-0.25, -0.2) is 8.78 Å². The fourth-order valence-electron chi connectivity index (χ4n) is 3.52. The summed E-state index contributed by atoms with van der Waals surface area (Å²) in [5, 5.41) is 2.38. The van der Waals surface area contributed by atoms with Crippen LogP contribution < -0.4 is 5.32 Å². The Morgan fingerprint density at radius 3 is 2.45 bits per heavy atom. The molecule has 0 aliphatic carbocycles. The fourth-order valence-corrected chi connectivity index (χ4v) is 3.52. The van der Waals surface area contributed by atoms with E-state index in [1.807, 2.05) is 13.8 Å². The quantitative estimate of drug-likeness (QED) is 0.677. The van der Waals surface area contributed by atoms with Gasteiger partial charge >= 0.3 is 6.18 Å². The number of nitrogens with one attached hydrogen (secondary N) is 2. The number of aromatic nitrogens is 1. The van der Waals surface area contributed by atoms with Crippen LogP contribution in [0.1, 0.15) is 25.1 Å². The molecule has 0 radical (unpaired) electrons. The topological polar surface area (TPSA) is 52.6 Å². The smallest absolute Gasteiger partial charge is 0.429 e. The van der Waals surface area contributed by atoms with Gasteiger partial charge < -0.3 is 19.9 Å². The van der Waals surface area contributed by atoms with Crippen molar-refractivity contribution in [3.05, 3.63) is 58.7 Å². The predicted octanol–water partition coefficient (Wildman–Crippen LogP) is 4.72. The van der Waals surface area contributed by atoms with E-state index in [2.05, 4.69) is 15.3 Å². The molecule has 10 heteroatoms. The molecule has 2 aliphatic heterocycles. The van der Waals surface area contributed by atoms with Crippen molar-refractivity contribution in [1.82, 2.24) is 15.2 Å². The third-order valence-corrected chi connectivity index (χ3v) is 4.91. The largest absolute Gasteiger partial charge is 0.491 e. The van der Waals surface area contributed by atoms with Gasteiger partial charge in [0.2, 0.25) is 6.17 Å². The van der Waals surface area contributed by atoms with Crippen LogP contribution in [0.2, 0.25) is 0 Å². The Morgan fingerprint density at radius 2 is 1.84 bits per heavy atom. The molecule has 0 saturated carbocycles. The number of rotatable bonds is 3. The lowest BCUT2D eigenvalue weighted by molar-refractivity contribution is -0.153. The molecule has 5 nitrogen and oxygen atoms in total. The molecule has 168 valence electrons. The number of halogens is 5. The van der Waals surface area contributed by atoms with Crippen molar-refractivity contribution in [2.45, 2.75) is 39.2 Å². The molecule has 0 fully saturated rings. The van der Waals surface area contributed by atoms with E-state index in [4.69, 9.17) is 4.74 Å². The first-order valence-electron chi connectivity index (χ1n) is 9.82. The van der Waals surface area contributed by atoms with Gasteiger partial charge in [-0.2, -0.15) is 13.2 Å². The van der Waals surface area contributed by atoms with Crippen LogP contribution in [-0.4, -0.2) is 42.1 Å². The fraction of sp³-hybridized carbons (Fsp3) is 0.381. The molecule has 3 heterocycles. The maximum atomic E-state index is 14.1. The molecule has 1 aromatic heterocycles. The number of allylic oxidation sites excluding steroid dienone is 1. The van der Waals surface area contributed by atoms with Crippen LogP contribution in [0.25, 0.3) is 11.3 Å². The van der Waals surface area contributed by atoms with E-state index in [0.717, 1.165) is 17.5 Å². The number of hydrogen-bond acceptors (Lipinski definition) is 4. The number of aliphatic imine (C=N–C) groups is 1. The zero-order valence-electron chi connectivity index (χ0n) is 17.3. The highest BCUT2D eigenvalue weighted by Gasteiger charge is 2.42. The lowest BCUT2D eigenvalue weighted by atomic mass is 10.1. The Kier molecular flexibility index (Phi) is 6.56. The maximum Gasteiger partial charge on any atom is 0.429 e. The van der Waals surface area contributed by atoms with Crippen molar-refractivity contribution in [1.29, 1.82) is 0 Å². The molecule has 4 rings (SSSR count). The SMILES string of the molecule is CC.COC1=C(N2CCc3[nH]c(-c4c(F)cccc4F)cc3C2)NC(C(F)(F)F)N=C1. The van der Waals surface area contributed by atoms with Gasteiger partial charge in [-0.1, -0.05) is 19.9 Å². The Labute approximate surface area is 176 Å². The summed E-state index contributed by atoms with van der Waals surface area (Å²) in [4.78, 5) is 8.17. The molecule has 0 bridgehead atoms. The lowest BCUT2D eigenvalue weighted by Crippen LogP contribution is -2.48. The Morgan fingerprint density at radius 1 is 1.16 bits per heavy atom. The first-order valence-corrected chi connectivity index (χ1v) is 9.82. The molecule has 0 saturated heterocycles. The van der Waals surface area contributed by atoms with Crippen molar-refractivity contribution < 1.29 is 26.7 Å². The van der Waals surface area contributed by atoms with Gasteiger partial charge in [0.1, 0.15) is 17.5 Å². The number of hydrogen-bond donors (Lipinski definition) is 2. The van der Waals surface area contributed by atoms with Crippen LogP contribution in [-0.2, 0) is 17.7 Å². The van der Waals surface area contributed by atoms with Crippen LogP contribution in [0.4, 0.5) is 22.0 Å². The van der Waals surface area contributed by atoms with Crippen molar-refractivity contribution in [2.75, 3.05) is 13.7 Å². The maximum absolute atomic E-state index is 14.1. The summed E-state index contributed by atoms with van der Waals surface area (Å²) in [5.74, 6) is -1.02. The minimum absolute atomic E-state index is 0.162. The van der Waals surface area contributed by atoms with Gasteiger partial charge in [0.15, 0.2) is 5.76 Å². The highest BCUT2D eigenvalue weighted by molar-refractivity contribution is 5.78. The van der Waals surface area contributed by atoms with Gasteiger partial charge in [0.05, 0.1) is 24.6 Å². The third kappa shape index (κ3) is 4.52. The van der Waals surface area contributed by atoms with Crippen LogP contribution in [0.15, 0.2) is 40.8 Å². The monoisotopic (exact) mass is 442 g/mol. The first-order chi connectivity index (χ1) is 14.8. The van der Waals surface area contributed by atoms with Crippen LogP contribution >= 0.6 is 0 Å². The van der Waals surface area contributed by atoms with E-state index < -0.39 is 24.0 Å². The van der Waals surface area contributed by atoms with E-state index >= 15 is 0 Å². The number of fused-ring (bicyclic) bond motifs is 1. The highest BCUT2D eigenvalue weighted by atomic mass is 19.4. The zero-order chi connectivity index (χ0) is 22.8. The number of aromatic amines is 1. The average Bonchev–Trinajstić information content (AvgIpc) is 3.16. The molecular weight excluding hydrogens is 419 g/mol. The van der Waals surface area contributed by atoms with Crippen molar-refractivity contribution in [2.24, 2.45) is 4.99 Å². The Bertz CT molecular complexity index is 976. The average molecular weight is 442 g/mol. The minimum atomic E-state index is -4.55. The van der Waals surface area contributed by atoms with Crippen molar-refractivity contribution >= 4 is 6.21 Å². The number of H-pyrrole nitrogens is 1. The summed E-state index contributed by atoms with van der Waals surface area (Å²) in [7, 11) is 1.35. The van der Waals surface area contributed by atoms with Crippen LogP contribution in [0, 0.1) is 11.6 Å². The second-order valence-electron chi connectivity index (χ2n) is 6.74. The second kappa shape index (κ2) is 8.99. The van der Waals surface area contributed by atoms with Gasteiger partial charge in [0, 0.05) is 25.2 Å². The first kappa shape index (κ1) is 22.6. The van der Waals surface area contributed by atoms with Crippen molar-refractivity contribution in [3.63, 3.8) is 0 Å². The van der Waals surface area contributed by atoms with Gasteiger partial charge in [-0.3, -0.25) is 4.99 Å². The molecular formula is C21H23F5N4O. The number of nitrogens with zero attached hydrogens (tertiary/aromatic N) is 2. The molecule has 1 unspecified atom stereocenters. The number of methoxy groups -OCH3 is 1. The van der Waals surface area contributed by atoms with Gasteiger partial charge in [-0.15, -0.1) is 0 Å². The summed E-state index contributed by atoms with van der Waals surface area (Å²) in [6.45, 7) is 4.63. The molecule has 0 spiro atoms. The standard InChI is InChI=1S/C19H17F5N4O.C2H6/c1-29-15-8-25-18(19(22,23)24)27-17(15)28-6-5-13-10(9-28)7-14(26-13)16-11(20)3-2-4-12(16)21;1-2/h2-4,7-8,18,26-27H,5-6,9H2,1H3;1-2H3. The Balaban J connectivity index is 0.00000132. The van der Waals surface area contributed by atoms with E-state index in [9.17, 15) is 22.0 Å². The molecule has 1 aromatic carbocycles. The molecule has 2 aliphatic rings. The normalized spacial score (nSPS) is 18.2. The van der Waals surface area contributed by atoms with Crippen LogP contribution in [0.3, 0.4) is 0 Å². The molecule has 31 heavy (non-hydrogen) atoms. The number of ether oxygens (including phenoxy) is 1. The zero-order valence-corrected chi connectivity index (χ0v) is 17.3. The van der Waals surface area contributed by atoms with Crippen LogP contribution in [0.5, 0.6) is 0 Å². The summed E-state index contributed by atoms with van der Waals surface area (Å²) < 4.78 is 72.6. The van der Waals surface area contributed by atoms with E-state index in [1.165, 1.54) is 25.3 Å². The number of benzene rings is 1. The van der Waals surface area contributed by atoms with Gasteiger partial charge in [-0.05, 0) is 23.8 Å². The Hall–Kier alpha value is -3.04. The predicted molar refractivity (Wildman–Crippen MR) is 107 cm³/mol. The summed E-state index contributed by atoms with van der Waals surface area (Å²) in [6.07, 6.45) is -5.10. The summed E-state index contributed by atoms with van der Waals surface area (Å²) in [6, 6.07) is 5.24. The molecule has 2 N–H and O–H groups in total. The second-order valence-corrected chi connectivity index (χ2v) is 6.74. The molecule has 0 amide bonds. The molecule has 2 aromatic rings. The van der Waals surface area contributed by atoms with E-state index in [-0.39, 0.29) is 23.7 Å². The molecule has 1 atom stereocenters. The summed E-state index contributed by atoms with van der Waals surface area (Å²) >= 11 is 0. The summed E-state index contributed by atoms with van der Waals surface area (Å²) in [5.41, 5.74) is 1.66. The number of alkyl halides is 3. The van der Waals surface area contributed by atoms with E-state index in [1.54, 1.807) is 11.0 Å². The lowest BCUT2D eigenvalue weighted by Gasteiger charge is -2.35.